The number of nitrogens with one attached hydrogen (secondary N) is 1. The molecule has 1 aliphatic carbocycles. The number of carbonyl (C=O) groups excluding carboxylic acids is 2. The van der Waals surface area contributed by atoms with Crippen molar-refractivity contribution in [3.63, 3.8) is 0 Å². The molecule has 1 aliphatic rings. The summed E-state index contributed by atoms with van der Waals surface area (Å²) in [5.74, 6) is -0.942. The van der Waals surface area contributed by atoms with E-state index in [2.05, 4.69) is 5.48 Å². The van der Waals surface area contributed by atoms with E-state index >= 15 is 0 Å². The van der Waals surface area contributed by atoms with Gasteiger partial charge in [0.2, 0.25) is 11.8 Å². The summed E-state index contributed by atoms with van der Waals surface area (Å²) < 4.78 is 0. The smallest absolute Gasteiger partial charge is 0.247 e. The van der Waals surface area contributed by atoms with E-state index in [0.29, 0.717) is 12.8 Å². The molecule has 0 heterocycles. The van der Waals surface area contributed by atoms with E-state index in [1.807, 2.05) is 24.3 Å². The van der Waals surface area contributed by atoms with E-state index in [1.165, 1.54) is 11.1 Å². The molecule has 0 aliphatic heterocycles. The first-order valence-electron chi connectivity index (χ1n) is 5.43. The van der Waals surface area contributed by atoms with E-state index in [1.54, 1.807) is 0 Å². The van der Waals surface area contributed by atoms with Crippen molar-refractivity contribution in [3.05, 3.63) is 35.4 Å². The normalized spacial score (nSPS) is 14.4. The summed E-state index contributed by atoms with van der Waals surface area (Å²) in [6.45, 7) is -0.300. The fourth-order valence-electron chi connectivity index (χ4n) is 2.01. The first kappa shape index (κ1) is 11.6. The zero-order chi connectivity index (χ0) is 12.3. The second-order valence-electron chi connectivity index (χ2n) is 4.10. The van der Waals surface area contributed by atoms with Gasteiger partial charge in [-0.05, 0) is 24.0 Å². The van der Waals surface area contributed by atoms with Crippen molar-refractivity contribution in [1.82, 2.24) is 5.48 Å². The largest absolute Gasteiger partial charge is 0.368 e. The number of hydroxylamine groups is 1. The van der Waals surface area contributed by atoms with Gasteiger partial charge >= 0.3 is 0 Å². The first-order valence-corrected chi connectivity index (χ1v) is 5.43. The van der Waals surface area contributed by atoms with Gasteiger partial charge < -0.3 is 5.73 Å². The molecule has 90 valence electrons. The molecule has 0 bridgehead atoms. The number of nitrogens with two attached hydrogens (primary N) is 1. The Kier molecular flexibility index (Phi) is 3.39. The molecule has 5 heteroatoms. The zero-order valence-electron chi connectivity index (χ0n) is 9.31. The van der Waals surface area contributed by atoms with Gasteiger partial charge in [0.1, 0.15) is 0 Å². The van der Waals surface area contributed by atoms with Crippen LogP contribution < -0.4 is 11.2 Å². The molecule has 0 saturated heterocycles. The number of rotatable bonds is 4. The van der Waals surface area contributed by atoms with Crippen LogP contribution in [0.4, 0.5) is 0 Å². The summed E-state index contributed by atoms with van der Waals surface area (Å²) >= 11 is 0. The number of benzene rings is 1. The van der Waals surface area contributed by atoms with Crippen molar-refractivity contribution >= 4 is 11.8 Å². The van der Waals surface area contributed by atoms with Crippen molar-refractivity contribution in [2.24, 2.45) is 11.7 Å². The van der Waals surface area contributed by atoms with Gasteiger partial charge in [0.15, 0.2) is 6.61 Å². The standard InChI is InChI=1S/C12H14N2O3/c13-11(15)7-17-14-12(16)10-5-8-3-1-2-4-9(8)6-10/h1-4,10H,5-7H2,(H2,13,15)(H,14,16). The predicted octanol–water partition coefficient (Wildman–Crippen LogP) is -0.0655. The van der Waals surface area contributed by atoms with E-state index in [9.17, 15) is 9.59 Å². The minimum Gasteiger partial charge on any atom is -0.368 e. The van der Waals surface area contributed by atoms with Crippen LogP contribution in [0, 0.1) is 5.92 Å². The monoisotopic (exact) mass is 234 g/mol. The second-order valence-corrected chi connectivity index (χ2v) is 4.10. The Morgan fingerprint density at radius 1 is 1.29 bits per heavy atom. The first-order chi connectivity index (χ1) is 8.16. The average Bonchev–Trinajstić information content (AvgIpc) is 2.71. The molecule has 0 aromatic heterocycles. The third-order valence-corrected chi connectivity index (χ3v) is 2.81. The van der Waals surface area contributed by atoms with E-state index in [0.717, 1.165) is 0 Å². The molecule has 0 radical (unpaired) electrons. The highest BCUT2D eigenvalue weighted by Crippen LogP contribution is 2.26. The Bertz CT molecular complexity index is 420. The van der Waals surface area contributed by atoms with Crippen molar-refractivity contribution in [2.45, 2.75) is 12.8 Å². The molecule has 3 N–H and O–H groups in total. The van der Waals surface area contributed by atoms with Gasteiger partial charge in [0.05, 0.1) is 0 Å². The maximum absolute atomic E-state index is 11.7. The van der Waals surface area contributed by atoms with Crippen LogP contribution in [0.25, 0.3) is 0 Å². The molecule has 0 atom stereocenters. The Labute approximate surface area is 98.9 Å². The lowest BCUT2D eigenvalue weighted by Crippen LogP contribution is -2.34. The Morgan fingerprint density at radius 3 is 2.41 bits per heavy atom. The third-order valence-electron chi connectivity index (χ3n) is 2.81. The van der Waals surface area contributed by atoms with Gasteiger partial charge in [-0.2, -0.15) is 0 Å². The molecule has 5 nitrogen and oxygen atoms in total. The lowest BCUT2D eigenvalue weighted by Gasteiger charge is -2.09. The lowest BCUT2D eigenvalue weighted by atomic mass is 10.1. The molecular weight excluding hydrogens is 220 g/mol. The summed E-state index contributed by atoms with van der Waals surface area (Å²) in [6.07, 6.45) is 1.42. The molecular formula is C12H14N2O3. The van der Waals surface area contributed by atoms with E-state index in [-0.39, 0.29) is 18.4 Å². The van der Waals surface area contributed by atoms with Crippen LogP contribution in [0.15, 0.2) is 24.3 Å². The quantitative estimate of drug-likeness (QED) is 0.716. The molecule has 0 saturated carbocycles. The van der Waals surface area contributed by atoms with Crippen molar-refractivity contribution in [1.29, 1.82) is 0 Å². The molecule has 1 aromatic rings. The number of hydrogen-bond donors (Lipinski definition) is 2. The van der Waals surface area contributed by atoms with Crippen molar-refractivity contribution < 1.29 is 14.4 Å². The van der Waals surface area contributed by atoms with Crippen LogP contribution in [0.2, 0.25) is 0 Å². The van der Waals surface area contributed by atoms with E-state index in [4.69, 9.17) is 10.6 Å². The number of hydrogen-bond acceptors (Lipinski definition) is 3. The number of amides is 2. The second kappa shape index (κ2) is 4.97. The van der Waals surface area contributed by atoms with Gasteiger partial charge in [-0.3, -0.25) is 14.4 Å². The average molecular weight is 234 g/mol. The highest BCUT2D eigenvalue weighted by Gasteiger charge is 2.27. The number of carbonyl (C=O) groups is 2. The molecule has 17 heavy (non-hydrogen) atoms. The van der Waals surface area contributed by atoms with E-state index < -0.39 is 5.91 Å². The lowest BCUT2D eigenvalue weighted by molar-refractivity contribution is -0.141. The fraction of sp³-hybridized carbons (Fsp3) is 0.333. The third kappa shape index (κ3) is 2.82. The zero-order valence-corrected chi connectivity index (χ0v) is 9.31. The number of primary amides is 1. The van der Waals surface area contributed by atoms with Crippen molar-refractivity contribution in [2.75, 3.05) is 6.61 Å². The van der Waals surface area contributed by atoms with Crippen LogP contribution in [-0.4, -0.2) is 18.4 Å². The van der Waals surface area contributed by atoms with Gasteiger partial charge in [-0.15, -0.1) is 0 Å². The molecule has 0 fully saturated rings. The van der Waals surface area contributed by atoms with Crippen molar-refractivity contribution in [3.8, 4) is 0 Å². The van der Waals surface area contributed by atoms with Crippen LogP contribution in [0.5, 0.6) is 0 Å². The van der Waals surface area contributed by atoms with Crippen LogP contribution in [0.3, 0.4) is 0 Å². The molecule has 0 unspecified atom stereocenters. The van der Waals surface area contributed by atoms with Gasteiger partial charge in [0, 0.05) is 5.92 Å². The summed E-state index contributed by atoms with van der Waals surface area (Å²) in [5, 5.41) is 0. The number of fused-ring (bicyclic) bond motifs is 1. The summed E-state index contributed by atoms with van der Waals surface area (Å²) in [7, 11) is 0. The predicted molar refractivity (Wildman–Crippen MR) is 60.6 cm³/mol. The Balaban J connectivity index is 1.86. The van der Waals surface area contributed by atoms with Crippen LogP contribution in [0.1, 0.15) is 11.1 Å². The molecule has 0 spiro atoms. The SMILES string of the molecule is NC(=O)CONC(=O)C1Cc2ccccc2C1. The molecule has 2 amide bonds. The topological polar surface area (TPSA) is 81.4 Å². The van der Waals surface area contributed by atoms with Crippen LogP contribution in [-0.2, 0) is 27.3 Å². The highest BCUT2D eigenvalue weighted by atomic mass is 16.7. The summed E-state index contributed by atoms with van der Waals surface area (Å²) in [6, 6.07) is 7.96. The van der Waals surface area contributed by atoms with Gasteiger partial charge in [-0.1, -0.05) is 24.3 Å². The summed E-state index contributed by atoms with van der Waals surface area (Å²) in [5.41, 5.74) is 9.53. The fourth-order valence-corrected chi connectivity index (χ4v) is 2.01. The Morgan fingerprint density at radius 2 is 1.88 bits per heavy atom. The maximum atomic E-state index is 11.7. The van der Waals surface area contributed by atoms with Gasteiger partial charge in [0.25, 0.3) is 0 Å². The minimum absolute atomic E-state index is 0.125. The highest BCUT2D eigenvalue weighted by molar-refractivity contribution is 5.80. The summed E-state index contributed by atoms with van der Waals surface area (Å²) in [4.78, 5) is 26.8. The molecule has 1 aromatic carbocycles. The van der Waals surface area contributed by atoms with Gasteiger partial charge in [-0.25, -0.2) is 5.48 Å². The minimum atomic E-state index is -0.611. The maximum Gasteiger partial charge on any atom is 0.247 e. The Hall–Kier alpha value is -1.88. The molecule has 2 rings (SSSR count). The van der Waals surface area contributed by atoms with Crippen LogP contribution >= 0.6 is 0 Å².